The van der Waals surface area contributed by atoms with E-state index in [2.05, 4.69) is 10.6 Å². The van der Waals surface area contributed by atoms with Crippen molar-refractivity contribution in [3.63, 3.8) is 0 Å². The fourth-order valence-corrected chi connectivity index (χ4v) is 2.80. The molecular formula is C19H28F2N2O3. The molecule has 3 N–H and O–H groups in total. The molecule has 0 saturated heterocycles. The van der Waals surface area contributed by atoms with Crippen LogP contribution < -0.4 is 10.6 Å². The normalized spacial score (nSPS) is 14.4. The molecule has 5 nitrogen and oxygen atoms in total. The van der Waals surface area contributed by atoms with Gasteiger partial charge in [0.25, 0.3) is 0 Å². The number of nitrogens with one attached hydrogen (secondary N) is 2. The van der Waals surface area contributed by atoms with Gasteiger partial charge >= 0.3 is 0 Å². The maximum Gasteiger partial charge on any atom is 0.220 e. The molecule has 0 spiro atoms. The Labute approximate surface area is 153 Å². The zero-order chi connectivity index (χ0) is 19.7. The number of benzene rings is 1. The summed E-state index contributed by atoms with van der Waals surface area (Å²) in [4.78, 5) is 23.2. The largest absolute Gasteiger partial charge is 0.391 e. The van der Waals surface area contributed by atoms with Gasteiger partial charge in [-0.25, -0.2) is 8.78 Å². The van der Waals surface area contributed by atoms with E-state index in [1.54, 1.807) is 6.92 Å². The number of hydrogen-bond donors (Lipinski definition) is 3. The van der Waals surface area contributed by atoms with Crippen LogP contribution in [0.5, 0.6) is 0 Å². The zero-order valence-corrected chi connectivity index (χ0v) is 15.5. The Kier molecular flexibility index (Phi) is 9.19. The summed E-state index contributed by atoms with van der Waals surface area (Å²) in [5, 5.41) is 15.9. The average Bonchev–Trinajstić information content (AvgIpc) is 2.50. The standard InChI is InChI=1S/C19H28F2N2O3/c1-4-5-6-19(26)22-12(2)7-18(25)17(23-13(3)24)10-14-8-15(20)11-16(21)9-14/h8-9,11-12,17-18,25H,4-7,10H2,1-3H3,(H,22,26)(H,23,24)/t12?,17-,18-/m0/s1. The molecule has 0 radical (unpaired) electrons. The molecule has 1 rings (SSSR count). The predicted molar refractivity (Wildman–Crippen MR) is 95.4 cm³/mol. The molecule has 0 bridgehead atoms. The lowest BCUT2D eigenvalue weighted by Crippen LogP contribution is -2.47. The quantitative estimate of drug-likeness (QED) is 0.592. The maximum absolute atomic E-state index is 13.4. The molecule has 1 aromatic rings. The molecule has 0 fully saturated rings. The summed E-state index contributed by atoms with van der Waals surface area (Å²) in [6.45, 7) is 5.06. The molecule has 26 heavy (non-hydrogen) atoms. The van der Waals surface area contributed by atoms with Crippen molar-refractivity contribution in [2.75, 3.05) is 0 Å². The third-order valence-corrected chi connectivity index (χ3v) is 3.99. The van der Waals surface area contributed by atoms with Crippen LogP contribution in [0.1, 0.15) is 52.0 Å². The van der Waals surface area contributed by atoms with Crippen LogP contribution in [0, 0.1) is 11.6 Å². The highest BCUT2D eigenvalue weighted by molar-refractivity contribution is 5.76. The number of rotatable bonds is 10. The van der Waals surface area contributed by atoms with Gasteiger partial charge in [-0.3, -0.25) is 9.59 Å². The summed E-state index contributed by atoms with van der Waals surface area (Å²) in [6, 6.07) is 2.08. The molecular weight excluding hydrogens is 342 g/mol. The molecule has 0 saturated carbocycles. The number of aliphatic hydroxyl groups excluding tert-OH is 1. The first kappa shape index (κ1) is 22.0. The Morgan fingerprint density at radius 3 is 2.31 bits per heavy atom. The number of hydrogen-bond acceptors (Lipinski definition) is 3. The molecule has 0 aliphatic carbocycles. The molecule has 1 unspecified atom stereocenters. The van der Waals surface area contributed by atoms with Crippen molar-refractivity contribution in [3.05, 3.63) is 35.4 Å². The first-order chi connectivity index (χ1) is 12.2. The number of aliphatic hydroxyl groups is 1. The van der Waals surface area contributed by atoms with Crippen molar-refractivity contribution < 1.29 is 23.5 Å². The number of amides is 2. The van der Waals surface area contributed by atoms with Gasteiger partial charge in [0.05, 0.1) is 12.1 Å². The van der Waals surface area contributed by atoms with E-state index in [0.717, 1.165) is 18.9 Å². The minimum atomic E-state index is -0.980. The third kappa shape index (κ3) is 8.38. The average molecular weight is 370 g/mol. The van der Waals surface area contributed by atoms with Crippen LogP contribution in [0.25, 0.3) is 0 Å². The Hall–Kier alpha value is -2.02. The van der Waals surface area contributed by atoms with Crippen LogP contribution in [-0.2, 0) is 16.0 Å². The summed E-state index contributed by atoms with van der Waals surface area (Å²) >= 11 is 0. The molecule has 0 aliphatic heterocycles. The van der Waals surface area contributed by atoms with Gasteiger partial charge in [-0.2, -0.15) is 0 Å². The van der Waals surface area contributed by atoms with Gasteiger partial charge in [0.2, 0.25) is 11.8 Å². The van der Waals surface area contributed by atoms with Gasteiger partial charge in [-0.1, -0.05) is 13.3 Å². The summed E-state index contributed by atoms with van der Waals surface area (Å²) < 4.78 is 26.7. The van der Waals surface area contributed by atoms with E-state index in [4.69, 9.17) is 0 Å². The van der Waals surface area contributed by atoms with Crippen LogP contribution in [0.4, 0.5) is 8.78 Å². The SMILES string of the molecule is CCCCC(=O)NC(C)C[C@H](O)[C@H](Cc1cc(F)cc(F)c1)NC(C)=O. The Bertz CT molecular complexity index is 590. The van der Waals surface area contributed by atoms with E-state index in [-0.39, 0.29) is 30.7 Å². The summed E-state index contributed by atoms with van der Waals surface area (Å²) in [7, 11) is 0. The number of carbonyl (C=O) groups is 2. The monoisotopic (exact) mass is 370 g/mol. The van der Waals surface area contributed by atoms with Crippen molar-refractivity contribution in [2.24, 2.45) is 0 Å². The van der Waals surface area contributed by atoms with Crippen LogP contribution in [0.3, 0.4) is 0 Å². The summed E-state index contributed by atoms with van der Waals surface area (Å²) in [6.07, 6.45) is 1.44. The molecule has 7 heteroatoms. The van der Waals surface area contributed by atoms with Crippen LogP contribution in [-0.4, -0.2) is 35.1 Å². The van der Waals surface area contributed by atoms with E-state index >= 15 is 0 Å². The van der Waals surface area contributed by atoms with Gasteiger partial charge in [0.1, 0.15) is 11.6 Å². The second kappa shape index (κ2) is 10.9. The highest BCUT2D eigenvalue weighted by Gasteiger charge is 2.23. The van der Waals surface area contributed by atoms with E-state index < -0.39 is 23.8 Å². The van der Waals surface area contributed by atoms with Crippen molar-refractivity contribution >= 4 is 11.8 Å². The molecule has 146 valence electrons. The topological polar surface area (TPSA) is 78.4 Å². The Morgan fingerprint density at radius 1 is 1.15 bits per heavy atom. The fraction of sp³-hybridized carbons (Fsp3) is 0.579. The van der Waals surface area contributed by atoms with Gasteiger partial charge < -0.3 is 15.7 Å². The maximum atomic E-state index is 13.4. The Balaban J connectivity index is 2.71. The molecule has 3 atom stereocenters. The van der Waals surface area contributed by atoms with Crippen molar-refractivity contribution in [3.8, 4) is 0 Å². The van der Waals surface area contributed by atoms with Crippen molar-refractivity contribution in [1.29, 1.82) is 0 Å². The first-order valence-corrected chi connectivity index (χ1v) is 8.90. The van der Waals surface area contributed by atoms with Gasteiger partial charge in [-0.15, -0.1) is 0 Å². The van der Waals surface area contributed by atoms with E-state index in [1.807, 2.05) is 6.92 Å². The minimum absolute atomic E-state index is 0.0753. The predicted octanol–water partition coefficient (Wildman–Crippen LogP) is 2.46. The third-order valence-electron chi connectivity index (χ3n) is 3.99. The van der Waals surface area contributed by atoms with Crippen LogP contribution >= 0.6 is 0 Å². The lowest BCUT2D eigenvalue weighted by atomic mass is 9.96. The number of halogens is 2. The number of carbonyl (C=O) groups excluding carboxylic acids is 2. The smallest absolute Gasteiger partial charge is 0.220 e. The molecule has 2 amide bonds. The van der Waals surface area contributed by atoms with Gasteiger partial charge in [0.15, 0.2) is 0 Å². The minimum Gasteiger partial charge on any atom is -0.391 e. The highest BCUT2D eigenvalue weighted by atomic mass is 19.1. The lowest BCUT2D eigenvalue weighted by Gasteiger charge is -2.26. The zero-order valence-electron chi connectivity index (χ0n) is 15.5. The number of unbranched alkanes of at least 4 members (excludes halogenated alkanes) is 1. The van der Waals surface area contributed by atoms with Gasteiger partial charge in [0, 0.05) is 25.5 Å². The molecule has 0 aliphatic rings. The van der Waals surface area contributed by atoms with Gasteiger partial charge in [-0.05, 0) is 43.9 Å². The van der Waals surface area contributed by atoms with E-state index in [1.165, 1.54) is 19.1 Å². The highest BCUT2D eigenvalue weighted by Crippen LogP contribution is 2.14. The second-order valence-corrected chi connectivity index (χ2v) is 6.66. The molecule has 0 aromatic heterocycles. The second-order valence-electron chi connectivity index (χ2n) is 6.66. The first-order valence-electron chi connectivity index (χ1n) is 8.90. The molecule has 1 aromatic carbocycles. The fourth-order valence-electron chi connectivity index (χ4n) is 2.80. The van der Waals surface area contributed by atoms with Crippen LogP contribution in [0.2, 0.25) is 0 Å². The summed E-state index contributed by atoms with van der Waals surface area (Å²) in [5.41, 5.74) is 0.333. The summed E-state index contributed by atoms with van der Waals surface area (Å²) in [5.74, 6) is -1.87. The van der Waals surface area contributed by atoms with E-state index in [0.29, 0.717) is 12.0 Å². The Morgan fingerprint density at radius 2 is 1.77 bits per heavy atom. The van der Waals surface area contributed by atoms with Crippen molar-refractivity contribution in [2.45, 2.75) is 71.1 Å². The van der Waals surface area contributed by atoms with Crippen LogP contribution in [0.15, 0.2) is 18.2 Å². The lowest BCUT2D eigenvalue weighted by molar-refractivity contribution is -0.123. The molecule has 0 heterocycles. The van der Waals surface area contributed by atoms with E-state index in [9.17, 15) is 23.5 Å². The van der Waals surface area contributed by atoms with Crippen molar-refractivity contribution in [1.82, 2.24) is 10.6 Å².